The maximum Gasteiger partial charge on any atom is 0.157 e. The molecule has 0 aromatic carbocycles. The van der Waals surface area contributed by atoms with E-state index in [-0.39, 0.29) is 11.8 Å². The van der Waals surface area contributed by atoms with Gasteiger partial charge in [0.2, 0.25) is 0 Å². The highest BCUT2D eigenvalue weighted by molar-refractivity contribution is 5.93. The van der Waals surface area contributed by atoms with Crippen LogP contribution in [0.5, 0.6) is 0 Å². The van der Waals surface area contributed by atoms with Gasteiger partial charge in [-0.2, -0.15) is 0 Å². The minimum absolute atomic E-state index is 0.0711. The maximum absolute atomic E-state index is 12.0. The van der Waals surface area contributed by atoms with E-state index in [2.05, 4.69) is 39.9 Å². The van der Waals surface area contributed by atoms with Crippen molar-refractivity contribution >= 4 is 5.78 Å². The van der Waals surface area contributed by atoms with Gasteiger partial charge in [0.05, 0.1) is 12.5 Å². The Bertz CT molecular complexity index is 420. The highest BCUT2D eigenvalue weighted by Gasteiger charge is 2.20. The van der Waals surface area contributed by atoms with E-state index in [1.807, 2.05) is 6.08 Å². The van der Waals surface area contributed by atoms with Gasteiger partial charge in [0, 0.05) is 0 Å². The van der Waals surface area contributed by atoms with Gasteiger partial charge < -0.3 is 5.32 Å². The van der Waals surface area contributed by atoms with Crippen molar-refractivity contribution in [1.82, 2.24) is 5.32 Å². The molecule has 1 radical (unpaired) electrons. The molecular formula is C25H46NO. The minimum atomic E-state index is 0.0711. The van der Waals surface area contributed by atoms with Gasteiger partial charge >= 0.3 is 0 Å². The number of nitrogens with one attached hydrogen (secondary N) is 1. The standard InChI is InChI=1S/C25H46NO/c1-20(2)10-6-11-21(3)12-7-13-22(4)14-8-15-23(5)17-18-25(27)24-16-9-19-26-24/h17-18,20-22,24,26H,6-16,19H2,1-5H3/t21?,22?,24-/m0/s1. The second-order valence-electron chi connectivity index (χ2n) is 9.59. The Kier molecular flexibility index (Phi) is 13.0. The van der Waals surface area contributed by atoms with Crippen molar-refractivity contribution in [2.75, 3.05) is 6.54 Å². The van der Waals surface area contributed by atoms with E-state index in [4.69, 9.17) is 0 Å². The van der Waals surface area contributed by atoms with Crippen molar-refractivity contribution in [2.24, 2.45) is 17.8 Å². The number of carbonyl (C=O) groups excluding carboxylic acids is 1. The van der Waals surface area contributed by atoms with E-state index in [1.165, 1.54) is 56.9 Å². The van der Waals surface area contributed by atoms with Crippen LogP contribution in [0.1, 0.15) is 105 Å². The summed E-state index contributed by atoms with van der Waals surface area (Å²) in [5, 5.41) is 3.27. The molecule has 1 aliphatic heterocycles. The molecule has 1 rings (SSSR count). The second-order valence-corrected chi connectivity index (χ2v) is 9.59. The van der Waals surface area contributed by atoms with Crippen LogP contribution in [-0.2, 0) is 4.79 Å². The van der Waals surface area contributed by atoms with E-state index in [9.17, 15) is 4.79 Å². The summed E-state index contributed by atoms with van der Waals surface area (Å²) in [5.41, 5.74) is 1.34. The molecule has 0 bridgehead atoms. The fraction of sp³-hybridized carbons (Fsp3) is 0.840. The molecule has 0 aromatic rings. The lowest BCUT2D eigenvalue weighted by molar-refractivity contribution is -0.117. The van der Waals surface area contributed by atoms with Gasteiger partial charge in [-0.1, -0.05) is 84.3 Å². The molecule has 27 heavy (non-hydrogen) atoms. The average molecular weight is 377 g/mol. The number of allylic oxidation sites excluding steroid dienone is 2. The summed E-state index contributed by atoms with van der Waals surface area (Å²) in [4.78, 5) is 12.0. The molecule has 1 heterocycles. The normalized spacial score (nSPS) is 20.2. The largest absolute Gasteiger partial charge is 0.307 e. The Morgan fingerprint density at radius 3 is 2.11 bits per heavy atom. The van der Waals surface area contributed by atoms with Crippen LogP contribution in [0.3, 0.4) is 0 Å². The molecule has 157 valence electrons. The van der Waals surface area contributed by atoms with Crippen molar-refractivity contribution in [3.05, 3.63) is 18.1 Å². The number of rotatable bonds is 15. The monoisotopic (exact) mass is 376 g/mol. The van der Waals surface area contributed by atoms with Gasteiger partial charge in [0.15, 0.2) is 5.78 Å². The summed E-state index contributed by atoms with van der Waals surface area (Å²) < 4.78 is 0. The first-order valence-electron chi connectivity index (χ1n) is 11.7. The minimum Gasteiger partial charge on any atom is -0.307 e. The SMILES string of the molecule is CC(=C[CH]C(=O)[C@@H]1CCCN1)CCCC(C)CCCC(C)CCCC(C)C. The van der Waals surface area contributed by atoms with Crippen molar-refractivity contribution in [3.8, 4) is 0 Å². The highest BCUT2D eigenvalue weighted by Crippen LogP contribution is 2.22. The van der Waals surface area contributed by atoms with Gasteiger partial charge in [0.1, 0.15) is 0 Å². The van der Waals surface area contributed by atoms with Crippen molar-refractivity contribution in [1.29, 1.82) is 0 Å². The molecule has 0 spiro atoms. The van der Waals surface area contributed by atoms with Crippen LogP contribution in [0.2, 0.25) is 0 Å². The number of Topliss-reactive ketones (excluding diaryl/α,β-unsaturated/α-hetero) is 1. The third-order valence-corrected chi connectivity index (χ3v) is 6.08. The fourth-order valence-electron chi connectivity index (χ4n) is 4.06. The molecule has 1 N–H and O–H groups in total. The molecule has 0 amide bonds. The van der Waals surface area contributed by atoms with E-state index in [1.54, 1.807) is 6.42 Å². The molecule has 1 saturated heterocycles. The summed E-state index contributed by atoms with van der Waals surface area (Å²) in [5.74, 6) is 2.82. The predicted molar refractivity (Wildman–Crippen MR) is 119 cm³/mol. The number of hydrogen-bond donors (Lipinski definition) is 1. The third-order valence-electron chi connectivity index (χ3n) is 6.08. The Morgan fingerprint density at radius 2 is 1.56 bits per heavy atom. The lowest BCUT2D eigenvalue weighted by Gasteiger charge is -2.15. The lowest BCUT2D eigenvalue weighted by atomic mass is 9.91. The lowest BCUT2D eigenvalue weighted by Crippen LogP contribution is -2.30. The number of hydrogen-bond acceptors (Lipinski definition) is 2. The first kappa shape index (κ1) is 24.4. The van der Waals surface area contributed by atoms with Gasteiger partial charge in [-0.05, 0) is 56.9 Å². The fourth-order valence-corrected chi connectivity index (χ4v) is 4.06. The molecule has 2 nitrogen and oxygen atoms in total. The average Bonchev–Trinajstić information content (AvgIpc) is 3.14. The summed E-state index contributed by atoms with van der Waals surface area (Å²) >= 11 is 0. The second kappa shape index (κ2) is 14.4. The summed E-state index contributed by atoms with van der Waals surface area (Å²) in [7, 11) is 0. The zero-order valence-electron chi connectivity index (χ0n) is 18.9. The molecule has 0 saturated carbocycles. The van der Waals surface area contributed by atoms with Crippen LogP contribution in [0.15, 0.2) is 11.6 Å². The molecule has 0 aromatic heterocycles. The Hall–Kier alpha value is -0.630. The topological polar surface area (TPSA) is 29.1 Å². The molecule has 0 aliphatic carbocycles. The van der Waals surface area contributed by atoms with Crippen LogP contribution in [0.4, 0.5) is 0 Å². The van der Waals surface area contributed by atoms with Crippen LogP contribution < -0.4 is 5.32 Å². The Balaban J connectivity index is 2.04. The maximum atomic E-state index is 12.0. The summed E-state index contributed by atoms with van der Waals surface area (Å²) in [6, 6.07) is 0.0711. The Labute approximate surface area is 170 Å². The molecular weight excluding hydrogens is 330 g/mol. The highest BCUT2D eigenvalue weighted by atomic mass is 16.1. The van der Waals surface area contributed by atoms with Gasteiger partial charge in [-0.25, -0.2) is 0 Å². The molecule has 2 heteroatoms. The zero-order valence-corrected chi connectivity index (χ0v) is 18.9. The van der Waals surface area contributed by atoms with Gasteiger partial charge in [-0.15, -0.1) is 0 Å². The molecule has 1 fully saturated rings. The van der Waals surface area contributed by atoms with E-state index >= 15 is 0 Å². The smallest absolute Gasteiger partial charge is 0.157 e. The zero-order chi connectivity index (χ0) is 20.1. The summed E-state index contributed by atoms with van der Waals surface area (Å²) in [6.45, 7) is 12.6. The van der Waals surface area contributed by atoms with E-state index < -0.39 is 0 Å². The predicted octanol–water partition coefficient (Wildman–Crippen LogP) is 6.90. The number of ketones is 1. The van der Waals surface area contributed by atoms with Crippen LogP contribution in [-0.4, -0.2) is 18.4 Å². The van der Waals surface area contributed by atoms with Crippen molar-refractivity contribution in [2.45, 2.75) is 111 Å². The molecule has 1 aliphatic rings. The molecule has 3 atom stereocenters. The third kappa shape index (κ3) is 12.4. The van der Waals surface area contributed by atoms with Crippen LogP contribution in [0.25, 0.3) is 0 Å². The van der Waals surface area contributed by atoms with E-state index in [0.29, 0.717) is 0 Å². The van der Waals surface area contributed by atoms with Crippen molar-refractivity contribution in [3.63, 3.8) is 0 Å². The molecule has 2 unspecified atom stereocenters. The van der Waals surface area contributed by atoms with Crippen LogP contribution in [0, 0.1) is 24.2 Å². The van der Waals surface area contributed by atoms with E-state index in [0.717, 1.165) is 43.6 Å². The Morgan fingerprint density at radius 1 is 0.963 bits per heavy atom. The van der Waals surface area contributed by atoms with Crippen LogP contribution >= 0.6 is 0 Å². The first-order chi connectivity index (χ1) is 12.9. The number of carbonyl (C=O) groups is 1. The van der Waals surface area contributed by atoms with Gasteiger partial charge in [-0.3, -0.25) is 4.79 Å². The van der Waals surface area contributed by atoms with Crippen molar-refractivity contribution < 1.29 is 4.79 Å². The first-order valence-corrected chi connectivity index (χ1v) is 11.7. The summed E-state index contributed by atoms with van der Waals surface area (Å²) in [6.07, 6.45) is 18.0. The van der Waals surface area contributed by atoms with Gasteiger partial charge in [0.25, 0.3) is 0 Å². The quantitative estimate of drug-likeness (QED) is 0.337.